The lowest BCUT2D eigenvalue weighted by atomic mass is 9.97. The number of hydrogen-bond donors (Lipinski definition) is 3. The minimum absolute atomic E-state index is 0.0261. The predicted molar refractivity (Wildman–Crippen MR) is 161 cm³/mol. The topological polar surface area (TPSA) is 191 Å². The molecule has 3 aromatic rings. The minimum atomic E-state index is -0.957. The van der Waals surface area contributed by atoms with E-state index in [-0.39, 0.29) is 25.5 Å². The van der Waals surface area contributed by atoms with Gasteiger partial charge in [-0.15, -0.1) is 15.0 Å². The minimum Gasteiger partial charge on any atom is -0.434 e. The Morgan fingerprint density at radius 3 is 2.49 bits per heavy atom. The number of benzene rings is 2. The summed E-state index contributed by atoms with van der Waals surface area (Å²) in [6, 6.07) is 15.4. The monoisotopic (exact) mass is 620 g/mol. The van der Waals surface area contributed by atoms with Crippen molar-refractivity contribution in [3.05, 3.63) is 77.6 Å². The number of tetrazole rings is 1. The summed E-state index contributed by atoms with van der Waals surface area (Å²) in [6.07, 6.45) is -0.769. The van der Waals surface area contributed by atoms with Gasteiger partial charge in [-0.05, 0) is 49.1 Å². The number of likely N-dealkylation sites (tertiary alicyclic amines) is 1. The number of amidine groups is 1. The number of rotatable bonds is 12. The molecular weight excluding hydrogens is 584 g/mol. The van der Waals surface area contributed by atoms with Crippen LogP contribution in [0.4, 0.5) is 4.79 Å². The van der Waals surface area contributed by atoms with E-state index in [0.29, 0.717) is 48.0 Å². The number of piperidine rings is 1. The summed E-state index contributed by atoms with van der Waals surface area (Å²) in [6.45, 7) is 9.22. The summed E-state index contributed by atoms with van der Waals surface area (Å²) in [7, 11) is 0. The molecule has 1 fully saturated rings. The lowest BCUT2D eigenvalue weighted by Gasteiger charge is -2.31. The number of allylic oxidation sites excluding steroid dienone is 2. The predicted octanol–water partition coefficient (Wildman–Crippen LogP) is 4.37. The van der Waals surface area contributed by atoms with Crippen LogP contribution in [0.2, 0.25) is 0 Å². The first-order valence-electron chi connectivity index (χ1n) is 14.2. The van der Waals surface area contributed by atoms with E-state index in [1.165, 1.54) is 0 Å². The molecule has 2 aromatic carbocycles. The van der Waals surface area contributed by atoms with E-state index < -0.39 is 17.8 Å². The van der Waals surface area contributed by atoms with Crippen molar-refractivity contribution in [2.45, 2.75) is 52.8 Å². The second-order valence-corrected chi connectivity index (χ2v) is 10.2. The maximum Gasteiger partial charge on any atom is 0.510 e. The number of carbonyl (C=O) groups is 2. The molecule has 0 radical (unpaired) electrons. The molecule has 45 heavy (non-hydrogen) atoms. The van der Waals surface area contributed by atoms with Gasteiger partial charge in [0.2, 0.25) is 18.0 Å². The zero-order valence-corrected chi connectivity index (χ0v) is 25.3. The van der Waals surface area contributed by atoms with Crippen molar-refractivity contribution in [2.75, 3.05) is 13.2 Å². The van der Waals surface area contributed by atoms with Gasteiger partial charge >= 0.3 is 6.16 Å². The Kier molecular flexibility index (Phi) is 11.1. The van der Waals surface area contributed by atoms with E-state index >= 15 is 0 Å². The lowest BCUT2D eigenvalue weighted by molar-refractivity contribution is -0.492. The zero-order valence-electron chi connectivity index (χ0n) is 25.3. The summed E-state index contributed by atoms with van der Waals surface area (Å²) in [5.41, 5.74) is 11.6. The van der Waals surface area contributed by atoms with Crippen molar-refractivity contribution in [1.29, 1.82) is 0 Å². The number of aromatic nitrogens is 4. The molecule has 15 heteroatoms. The number of ether oxygens (including phenoxy) is 2. The summed E-state index contributed by atoms with van der Waals surface area (Å²) in [5, 5.41) is 29.2. The highest BCUT2D eigenvalue weighted by Gasteiger charge is 2.29. The van der Waals surface area contributed by atoms with E-state index in [1.54, 1.807) is 18.7 Å². The van der Waals surface area contributed by atoms with Crippen LogP contribution < -0.4 is 5.73 Å². The molecule has 15 nitrogen and oxygen atoms in total. The molecule has 238 valence electrons. The van der Waals surface area contributed by atoms with Crippen molar-refractivity contribution in [2.24, 2.45) is 10.7 Å². The highest BCUT2D eigenvalue weighted by Crippen LogP contribution is 2.31. The van der Waals surface area contributed by atoms with E-state index in [2.05, 4.69) is 31.8 Å². The van der Waals surface area contributed by atoms with E-state index in [9.17, 15) is 9.59 Å². The Morgan fingerprint density at radius 2 is 1.82 bits per heavy atom. The third-order valence-corrected chi connectivity index (χ3v) is 6.70. The highest BCUT2D eigenvalue weighted by atomic mass is 17.1. The third kappa shape index (κ3) is 8.79. The Morgan fingerprint density at radius 1 is 1.11 bits per heavy atom. The van der Waals surface area contributed by atoms with Crippen LogP contribution in [0.25, 0.3) is 22.5 Å². The molecule has 1 atom stereocenters. The molecule has 0 spiro atoms. The fourth-order valence-corrected chi connectivity index (χ4v) is 4.58. The smallest absolute Gasteiger partial charge is 0.434 e. The number of carbonyl (C=O) groups excluding carboxylic acids is 2. The normalized spacial score (nSPS) is 16.2. The number of amides is 1. The van der Waals surface area contributed by atoms with Crippen molar-refractivity contribution in [1.82, 2.24) is 30.5 Å². The second-order valence-electron chi connectivity index (χ2n) is 10.2. The van der Waals surface area contributed by atoms with Crippen LogP contribution in [-0.4, -0.2) is 72.0 Å². The quantitative estimate of drug-likeness (QED) is 0.147. The fraction of sp³-hybridized carbons (Fsp3) is 0.333. The van der Waals surface area contributed by atoms with Gasteiger partial charge in [0.15, 0.2) is 0 Å². The van der Waals surface area contributed by atoms with Gasteiger partial charge in [-0.1, -0.05) is 55.1 Å². The Bertz CT molecular complexity index is 1580. The molecular formula is C30H36N8O7. The van der Waals surface area contributed by atoms with Gasteiger partial charge in [0, 0.05) is 35.4 Å². The first-order chi connectivity index (χ1) is 21.5. The summed E-state index contributed by atoms with van der Waals surface area (Å²) in [4.78, 5) is 36.7. The van der Waals surface area contributed by atoms with Gasteiger partial charge in [-0.25, -0.2) is 9.79 Å². The van der Waals surface area contributed by atoms with Gasteiger partial charge in [-0.3, -0.25) is 24.9 Å². The molecule has 1 aliphatic heterocycles. The van der Waals surface area contributed by atoms with Gasteiger partial charge < -0.3 is 15.2 Å². The third-order valence-electron chi connectivity index (χ3n) is 6.70. The molecule has 1 unspecified atom stereocenters. The molecule has 1 aromatic heterocycles. The van der Waals surface area contributed by atoms with Gasteiger partial charge in [0.05, 0.1) is 25.1 Å². The summed E-state index contributed by atoms with van der Waals surface area (Å²) < 4.78 is 10.1. The largest absolute Gasteiger partial charge is 0.510 e. The van der Waals surface area contributed by atoms with Crippen LogP contribution in [0.15, 0.2) is 77.1 Å². The van der Waals surface area contributed by atoms with Gasteiger partial charge in [-0.2, -0.15) is 0 Å². The average Bonchev–Trinajstić information content (AvgIpc) is 3.49. The van der Waals surface area contributed by atoms with E-state index in [4.69, 9.17) is 25.6 Å². The molecule has 0 saturated carbocycles. The SMILES string of the molecule is C=C(C)/N=C1\C(=C(\C)N)CCC(=O)N1Cc1ccc(-c2ccccc2-c2nnn(C(C)OC(=O)OCCCON(O)O)n2)cc1. The Balaban J connectivity index is 1.46. The first kappa shape index (κ1) is 32.9. The molecule has 2 heterocycles. The second kappa shape index (κ2) is 15.2. The number of aliphatic imine (C=N–C) groups is 1. The van der Waals surface area contributed by atoms with Crippen molar-refractivity contribution < 1.29 is 34.3 Å². The molecule has 1 aliphatic rings. The van der Waals surface area contributed by atoms with E-state index in [1.807, 2.05) is 55.5 Å². The van der Waals surface area contributed by atoms with Crippen molar-refractivity contribution in [3.8, 4) is 22.5 Å². The number of nitrogens with zero attached hydrogens (tertiary/aromatic N) is 7. The number of nitrogens with two attached hydrogens (primary N) is 1. The average molecular weight is 621 g/mol. The molecule has 0 aliphatic carbocycles. The van der Waals surface area contributed by atoms with Crippen LogP contribution in [-0.2, 0) is 25.7 Å². The molecule has 1 amide bonds. The van der Waals surface area contributed by atoms with Crippen LogP contribution >= 0.6 is 0 Å². The fourth-order valence-electron chi connectivity index (χ4n) is 4.58. The molecule has 0 bridgehead atoms. The molecule has 1 saturated heterocycles. The molecule has 4 rings (SSSR count). The summed E-state index contributed by atoms with van der Waals surface area (Å²) in [5.74, 6) is 0.839. The standard InChI is InChI=1S/C30H36N8O7/c1-19(2)32-29-24(20(3)31)14-15-27(39)36(29)18-22-10-12-23(13-11-22)25-8-5-6-9-26(25)28-33-35-37(34-28)21(4)45-30(40)43-16-7-17-44-38(41)42/h5-6,8-13,21,41-42H,1,7,14-18,31H2,2-4H3/b24-20-,32-29+. The summed E-state index contributed by atoms with van der Waals surface area (Å²) >= 11 is 0. The van der Waals surface area contributed by atoms with Gasteiger partial charge in [0.1, 0.15) is 5.84 Å². The lowest BCUT2D eigenvalue weighted by Crippen LogP contribution is -2.42. The van der Waals surface area contributed by atoms with Crippen molar-refractivity contribution >= 4 is 17.9 Å². The zero-order chi connectivity index (χ0) is 32.5. The van der Waals surface area contributed by atoms with Crippen molar-refractivity contribution in [3.63, 3.8) is 0 Å². The Labute approximate surface area is 259 Å². The number of hydrogen-bond acceptors (Lipinski definition) is 13. The highest BCUT2D eigenvalue weighted by molar-refractivity contribution is 6.10. The van der Waals surface area contributed by atoms with E-state index in [0.717, 1.165) is 27.1 Å². The maximum absolute atomic E-state index is 12.9. The van der Waals surface area contributed by atoms with Crippen LogP contribution in [0, 0.1) is 0 Å². The maximum atomic E-state index is 12.9. The van der Waals surface area contributed by atoms with Crippen LogP contribution in [0.1, 0.15) is 51.8 Å². The van der Waals surface area contributed by atoms with Gasteiger partial charge in [0.25, 0.3) is 0 Å². The Hall–Kier alpha value is -4.96. The van der Waals surface area contributed by atoms with Crippen LogP contribution in [0.5, 0.6) is 0 Å². The molecule has 4 N–H and O–H groups in total. The van der Waals surface area contributed by atoms with Crippen LogP contribution in [0.3, 0.4) is 0 Å². The first-order valence-corrected chi connectivity index (χ1v) is 14.2.